The van der Waals surface area contributed by atoms with Gasteiger partial charge >= 0.3 is 0 Å². The zero-order chi connectivity index (χ0) is 15.8. The normalized spacial score (nSPS) is 14.2. The summed E-state index contributed by atoms with van der Waals surface area (Å²) in [5.74, 6) is 0. The van der Waals surface area contributed by atoms with Gasteiger partial charge in [-0.2, -0.15) is 0 Å². The summed E-state index contributed by atoms with van der Waals surface area (Å²) in [7, 11) is -2.69. The molecule has 22 heavy (non-hydrogen) atoms. The van der Waals surface area contributed by atoms with E-state index in [4.69, 9.17) is 5.73 Å². The van der Waals surface area contributed by atoms with Gasteiger partial charge in [-0.25, -0.2) is 0 Å². The highest BCUT2D eigenvalue weighted by atomic mass is 31.2. The molecule has 2 rings (SSSR count). The van der Waals surface area contributed by atoms with Crippen LogP contribution in [0.2, 0.25) is 0 Å². The number of benzene rings is 2. The number of nitrogens with two attached hydrogens (primary N) is 1. The number of nitrogen functional groups attached to an aromatic ring is 1. The zero-order valence-electron chi connectivity index (χ0n) is 12.4. The first-order valence-electron chi connectivity index (χ1n) is 7.12. The van der Waals surface area contributed by atoms with E-state index in [1.165, 1.54) is 0 Å². The molecule has 0 aliphatic carbocycles. The molecule has 0 aromatic heterocycles. The Balaban J connectivity index is 2.38. The van der Waals surface area contributed by atoms with Crippen molar-refractivity contribution in [3.63, 3.8) is 0 Å². The van der Waals surface area contributed by atoms with Crippen LogP contribution in [0.4, 0.5) is 5.69 Å². The second kappa shape index (κ2) is 7.63. The third-order valence-corrected chi connectivity index (χ3v) is 6.33. The van der Waals surface area contributed by atoms with Crippen LogP contribution >= 0.6 is 7.14 Å². The second-order valence-electron chi connectivity index (χ2n) is 4.90. The van der Waals surface area contributed by atoms with Crippen molar-refractivity contribution in [2.45, 2.75) is 0 Å². The van der Waals surface area contributed by atoms with Gasteiger partial charge in [0.05, 0.1) is 0 Å². The molecule has 1 atom stereocenters. The average molecular weight is 309 g/mol. The maximum Gasteiger partial charge on any atom is 0.146 e. The fourth-order valence-electron chi connectivity index (χ4n) is 2.17. The smallest absolute Gasteiger partial charge is 0.146 e. The molecule has 2 nitrogen and oxygen atoms in total. The standard InChI is InChI=1S/C19H20NOP/c1-2-3-4-5-9-16-22(21,18-10-7-6-8-11-18)19-14-12-17(20)13-15-19/h2-15H,1,16,20H2/b4-3-,9-5-. The SMILES string of the molecule is C=C/C=C\C=C/CP(=O)(c1ccccc1)c1ccc(N)cc1. The first-order chi connectivity index (χ1) is 10.7. The van der Waals surface area contributed by atoms with Gasteiger partial charge in [0.2, 0.25) is 0 Å². The number of anilines is 1. The number of rotatable bonds is 6. The van der Waals surface area contributed by atoms with Crippen molar-refractivity contribution in [2.75, 3.05) is 11.9 Å². The summed E-state index contributed by atoms with van der Waals surface area (Å²) in [5.41, 5.74) is 6.42. The molecule has 0 aliphatic heterocycles. The molecule has 0 heterocycles. The summed E-state index contributed by atoms with van der Waals surface area (Å²) in [5, 5.41) is 1.68. The maximum atomic E-state index is 13.6. The fourth-order valence-corrected chi connectivity index (χ4v) is 4.60. The quantitative estimate of drug-likeness (QED) is 0.500. The highest BCUT2D eigenvalue weighted by Crippen LogP contribution is 2.43. The molecular weight excluding hydrogens is 289 g/mol. The molecule has 0 saturated carbocycles. The predicted octanol–water partition coefficient (Wildman–Crippen LogP) is 3.88. The Morgan fingerprint density at radius 1 is 0.909 bits per heavy atom. The largest absolute Gasteiger partial charge is 0.399 e. The van der Waals surface area contributed by atoms with E-state index in [1.54, 1.807) is 18.2 Å². The summed E-state index contributed by atoms with van der Waals surface area (Å²) in [6, 6.07) is 16.9. The van der Waals surface area contributed by atoms with Crippen molar-refractivity contribution in [1.82, 2.24) is 0 Å². The average Bonchev–Trinajstić information content (AvgIpc) is 2.56. The Bertz CT molecular complexity index is 715. The number of hydrogen-bond acceptors (Lipinski definition) is 2. The van der Waals surface area contributed by atoms with E-state index in [-0.39, 0.29) is 0 Å². The van der Waals surface area contributed by atoms with E-state index in [1.807, 2.05) is 66.8 Å². The molecule has 0 saturated heterocycles. The van der Waals surface area contributed by atoms with Crippen LogP contribution in [0.5, 0.6) is 0 Å². The molecule has 1 unspecified atom stereocenters. The molecule has 0 aliphatic rings. The molecule has 0 radical (unpaired) electrons. The molecule has 0 spiro atoms. The summed E-state index contributed by atoms with van der Waals surface area (Å²) in [6.07, 6.45) is 9.74. The zero-order valence-corrected chi connectivity index (χ0v) is 13.3. The molecule has 3 heteroatoms. The third-order valence-electron chi connectivity index (χ3n) is 3.34. The van der Waals surface area contributed by atoms with Gasteiger partial charge < -0.3 is 10.3 Å². The van der Waals surface area contributed by atoms with Gasteiger partial charge in [0.15, 0.2) is 0 Å². The van der Waals surface area contributed by atoms with Gasteiger partial charge in [-0.15, -0.1) is 0 Å². The highest BCUT2D eigenvalue weighted by Gasteiger charge is 2.25. The monoisotopic (exact) mass is 309 g/mol. The Morgan fingerprint density at radius 2 is 1.55 bits per heavy atom. The predicted molar refractivity (Wildman–Crippen MR) is 97.5 cm³/mol. The molecule has 112 valence electrons. The molecule has 2 N–H and O–H groups in total. The van der Waals surface area contributed by atoms with Gasteiger partial charge in [0.25, 0.3) is 0 Å². The fraction of sp³-hybridized carbons (Fsp3) is 0.0526. The van der Waals surface area contributed by atoms with Gasteiger partial charge in [0.1, 0.15) is 7.14 Å². The van der Waals surface area contributed by atoms with Crippen LogP contribution < -0.4 is 16.3 Å². The van der Waals surface area contributed by atoms with Crippen molar-refractivity contribution in [3.05, 3.63) is 91.6 Å². The summed E-state index contributed by atoms with van der Waals surface area (Å²) in [6.45, 7) is 3.62. The van der Waals surface area contributed by atoms with Crippen molar-refractivity contribution in [3.8, 4) is 0 Å². The van der Waals surface area contributed by atoms with Crippen LogP contribution in [0, 0.1) is 0 Å². The summed E-state index contributed by atoms with van der Waals surface area (Å²) < 4.78 is 13.6. The van der Waals surface area contributed by atoms with Crippen molar-refractivity contribution < 1.29 is 4.57 Å². The van der Waals surface area contributed by atoms with Gasteiger partial charge in [-0.05, 0) is 24.3 Å². The number of allylic oxidation sites excluding steroid dienone is 5. The van der Waals surface area contributed by atoms with Gasteiger partial charge in [-0.3, -0.25) is 0 Å². The second-order valence-corrected chi connectivity index (χ2v) is 7.78. The lowest BCUT2D eigenvalue weighted by Crippen LogP contribution is -2.17. The van der Waals surface area contributed by atoms with Gasteiger partial charge in [0, 0.05) is 22.5 Å². The third kappa shape index (κ3) is 3.87. The Kier molecular flexibility index (Phi) is 5.57. The van der Waals surface area contributed by atoms with E-state index >= 15 is 0 Å². The molecular formula is C19H20NOP. The number of hydrogen-bond donors (Lipinski definition) is 1. The summed E-state index contributed by atoms with van der Waals surface area (Å²) >= 11 is 0. The Morgan fingerprint density at radius 3 is 2.18 bits per heavy atom. The van der Waals surface area contributed by atoms with E-state index < -0.39 is 7.14 Å². The topological polar surface area (TPSA) is 43.1 Å². The molecule has 0 bridgehead atoms. The minimum atomic E-state index is -2.69. The van der Waals surface area contributed by atoms with E-state index in [0.717, 1.165) is 10.6 Å². The minimum Gasteiger partial charge on any atom is -0.399 e. The molecule has 2 aromatic rings. The van der Waals surface area contributed by atoms with Crippen LogP contribution in [-0.2, 0) is 4.57 Å². The minimum absolute atomic E-state index is 0.475. The van der Waals surface area contributed by atoms with E-state index in [9.17, 15) is 4.57 Å². The van der Waals surface area contributed by atoms with Crippen LogP contribution in [-0.4, -0.2) is 6.16 Å². The first kappa shape index (κ1) is 16.1. The van der Waals surface area contributed by atoms with Crippen molar-refractivity contribution >= 4 is 23.4 Å². The van der Waals surface area contributed by atoms with Crippen molar-refractivity contribution in [1.29, 1.82) is 0 Å². The Hall–Kier alpha value is -2.31. The van der Waals surface area contributed by atoms with Crippen LogP contribution in [0.1, 0.15) is 0 Å². The van der Waals surface area contributed by atoms with Gasteiger partial charge in [-0.1, -0.05) is 67.3 Å². The lowest BCUT2D eigenvalue weighted by molar-refractivity contribution is 0.588. The van der Waals surface area contributed by atoms with Crippen molar-refractivity contribution in [2.24, 2.45) is 0 Å². The maximum absolute atomic E-state index is 13.6. The van der Waals surface area contributed by atoms with E-state index in [0.29, 0.717) is 11.8 Å². The molecule has 2 aromatic carbocycles. The Labute approximate surface area is 132 Å². The first-order valence-corrected chi connectivity index (χ1v) is 9.01. The van der Waals surface area contributed by atoms with Crippen LogP contribution in [0.3, 0.4) is 0 Å². The summed E-state index contributed by atoms with van der Waals surface area (Å²) in [4.78, 5) is 0. The van der Waals surface area contributed by atoms with Crippen LogP contribution in [0.25, 0.3) is 0 Å². The lowest BCUT2D eigenvalue weighted by Gasteiger charge is -2.17. The van der Waals surface area contributed by atoms with Crippen LogP contribution in [0.15, 0.2) is 91.6 Å². The molecule has 0 fully saturated rings. The molecule has 0 amide bonds. The lowest BCUT2D eigenvalue weighted by atomic mass is 10.3. The van der Waals surface area contributed by atoms with E-state index in [2.05, 4.69) is 6.58 Å². The highest BCUT2D eigenvalue weighted by molar-refractivity contribution is 7.78.